The van der Waals surface area contributed by atoms with E-state index in [0.717, 1.165) is 16.3 Å². The highest BCUT2D eigenvalue weighted by Gasteiger charge is 2.24. The van der Waals surface area contributed by atoms with E-state index in [1.165, 1.54) is 26.4 Å². The molecule has 31 heavy (non-hydrogen) atoms. The number of carbonyl (C=O) groups is 1. The highest BCUT2D eigenvalue weighted by atomic mass is 32.2. The van der Waals surface area contributed by atoms with Crippen molar-refractivity contribution >= 4 is 33.4 Å². The van der Waals surface area contributed by atoms with Gasteiger partial charge < -0.3 is 14.8 Å². The summed E-state index contributed by atoms with van der Waals surface area (Å²) >= 11 is 1.57. The van der Waals surface area contributed by atoms with Gasteiger partial charge in [-0.3, -0.25) is 9.10 Å². The van der Waals surface area contributed by atoms with Gasteiger partial charge in [0.2, 0.25) is 15.9 Å². The molecule has 0 saturated heterocycles. The number of carbonyl (C=O) groups excluding carboxylic acids is 1. The van der Waals surface area contributed by atoms with E-state index in [4.69, 9.17) is 9.47 Å². The zero-order valence-electron chi connectivity index (χ0n) is 17.8. The molecule has 2 aromatic carbocycles. The van der Waals surface area contributed by atoms with E-state index >= 15 is 0 Å². The lowest BCUT2D eigenvalue weighted by atomic mass is 10.2. The lowest BCUT2D eigenvalue weighted by Gasteiger charge is -2.24. The second-order valence-electron chi connectivity index (χ2n) is 6.65. The van der Waals surface area contributed by atoms with Gasteiger partial charge in [-0.05, 0) is 35.9 Å². The van der Waals surface area contributed by atoms with Crippen molar-refractivity contribution in [3.63, 3.8) is 0 Å². The van der Waals surface area contributed by atoms with Crippen LogP contribution in [0.2, 0.25) is 0 Å². The molecule has 0 aliphatic carbocycles. The first-order valence-electron chi connectivity index (χ1n) is 9.54. The van der Waals surface area contributed by atoms with Gasteiger partial charge in [-0.25, -0.2) is 12.8 Å². The Morgan fingerprint density at radius 3 is 2.55 bits per heavy atom. The highest BCUT2D eigenvalue weighted by Crippen LogP contribution is 2.33. The Bertz CT molecular complexity index is 985. The number of halogens is 1. The lowest BCUT2D eigenvalue weighted by Crippen LogP contribution is -2.40. The third kappa shape index (κ3) is 7.62. The molecule has 7 nitrogen and oxygen atoms in total. The summed E-state index contributed by atoms with van der Waals surface area (Å²) in [6, 6.07) is 11.3. The van der Waals surface area contributed by atoms with Crippen LogP contribution < -0.4 is 19.1 Å². The van der Waals surface area contributed by atoms with Gasteiger partial charge in [-0.2, -0.15) is 11.8 Å². The summed E-state index contributed by atoms with van der Waals surface area (Å²) < 4.78 is 49.6. The number of amides is 1. The standard InChI is InChI=1S/C21H27FN2O5S2/c1-28-17-9-10-19(20(13-17)29-2)24(31(3,26)27)14-21(25)23-11-6-12-30-15-16-7-4-5-8-18(16)22/h4-5,7-10,13H,6,11-12,14-15H2,1-3H3,(H,23,25). The van der Waals surface area contributed by atoms with Crippen LogP contribution in [0.5, 0.6) is 11.5 Å². The highest BCUT2D eigenvalue weighted by molar-refractivity contribution is 7.98. The van der Waals surface area contributed by atoms with E-state index < -0.39 is 15.9 Å². The van der Waals surface area contributed by atoms with Crippen molar-refractivity contribution in [3.8, 4) is 11.5 Å². The number of thioether (sulfide) groups is 1. The van der Waals surface area contributed by atoms with Gasteiger partial charge in [0.1, 0.15) is 23.9 Å². The van der Waals surface area contributed by atoms with E-state index in [-0.39, 0.29) is 23.8 Å². The number of benzene rings is 2. The number of ether oxygens (including phenoxy) is 2. The van der Waals surface area contributed by atoms with Crippen molar-refractivity contribution in [2.75, 3.05) is 43.6 Å². The maximum absolute atomic E-state index is 13.6. The van der Waals surface area contributed by atoms with Crippen LogP contribution in [-0.2, 0) is 20.6 Å². The number of hydrogen-bond acceptors (Lipinski definition) is 6. The van der Waals surface area contributed by atoms with Crippen LogP contribution >= 0.6 is 11.8 Å². The number of nitrogens with one attached hydrogen (secondary N) is 1. The van der Waals surface area contributed by atoms with E-state index in [1.807, 2.05) is 0 Å². The summed E-state index contributed by atoms with van der Waals surface area (Å²) in [5.41, 5.74) is 0.898. The molecule has 0 heterocycles. The Balaban J connectivity index is 1.87. The SMILES string of the molecule is COc1ccc(N(CC(=O)NCCCSCc2ccccc2F)S(C)(=O)=O)c(OC)c1. The van der Waals surface area contributed by atoms with Crippen molar-refractivity contribution < 1.29 is 27.1 Å². The first-order chi connectivity index (χ1) is 14.8. The van der Waals surface area contributed by atoms with Crippen LogP contribution in [0.15, 0.2) is 42.5 Å². The Morgan fingerprint density at radius 2 is 1.90 bits per heavy atom. The van der Waals surface area contributed by atoms with Gasteiger partial charge in [-0.1, -0.05) is 18.2 Å². The van der Waals surface area contributed by atoms with Gasteiger partial charge in [0.15, 0.2) is 0 Å². The minimum Gasteiger partial charge on any atom is -0.497 e. The molecule has 1 amide bonds. The van der Waals surface area contributed by atoms with Crippen molar-refractivity contribution in [1.82, 2.24) is 5.32 Å². The van der Waals surface area contributed by atoms with Gasteiger partial charge in [-0.15, -0.1) is 0 Å². The van der Waals surface area contributed by atoms with Gasteiger partial charge in [0, 0.05) is 18.4 Å². The Kier molecular flexibility index (Phi) is 9.44. The molecule has 0 aliphatic heterocycles. The fraction of sp³-hybridized carbons (Fsp3) is 0.381. The normalized spacial score (nSPS) is 11.1. The fourth-order valence-electron chi connectivity index (χ4n) is 2.76. The van der Waals surface area contributed by atoms with E-state index in [1.54, 1.807) is 42.1 Å². The summed E-state index contributed by atoms with van der Waals surface area (Å²) in [5, 5.41) is 2.73. The Morgan fingerprint density at radius 1 is 1.16 bits per heavy atom. The molecule has 0 aliphatic rings. The number of methoxy groups -OCH3 is 2. The second-order valence-corrected chi connectivity index (χ2v) is 9.67. The minimum atomic E-state index is -3.73. The lowest BCUT2D eigenvalue weighted by molar-refractivity contribution is -0.119. The summed E-state index contributed by atoms with van der Waals surface area (Å²) in [6.45, 7) is 0.0182. The summed E-state index contributed by atoms with van der Waals surface area (Å²) in [4.78, 5) is 12.4. The largest absolute Gasteiger partial charge is 0.497 e. The van der Waals surface area contributed by atoms with Crippen LogP contribution in [0.4, 0.5) is 10.1 Å². The number of sulfonamides is 1. The third-order valence-electron chi connectivity index (χ3n) is 4.35. The van der Waals surface area contributed by atoms with Gasteiger partial charge in [0.05, 0.1) is 26.2 Å². The zero-order valence-corrected chi connectivity index (χ0v) is 19.4. The van der Waals surface area contributed by atoms with Crippen molar-refractivity contribution in [2.24, 2.45) is 0 Å². The number of nitrogens with zero attached hydrogens (tertiary/aromatic N) is 1. The molecule has 0 radical (unpaired) electrons. The monoisotopic (exact) mass is 470 g/mol. The van der Waals surface area contributed by atoms with Crippen LogP contribution in [0.1, 0.15) is 12.0 Å². The second kappa shape index (κ2) is 11.8. The van der Waals surface area contributed by atoms with Crippen LogP contribution in [-0.4, -0.2) is 53.6 Å². The van der Waals surface area contributed by atoms with Gasteiger partial charge in [0.25, 0.3) is 0 Å². The fourth-order valence-corrected chi connectivity index (χ4v) is 4.56. The average Bonchev–Trinajstić information content (AvgIpc) is 2.74. The average molecular weight is 471 g/mol. The molecule has 1 N–H and O–H groups in total. The number of hydrogen-bond donors (Lipinski definition) is 1. The number of rotatable bonds is 12. The molecule has 0 spiro atoms. The molecule has 2 aromatic rings. The summed E-state index contributed by atoms with van der Waals surface area (Å²) in [5.74, 6) is 1.42. The maximum Gasteiger partial charge on any atom is 0.240 e. The molecule has 0 saturated carbocycles. The van der Waals surface area contributed by atoms with Crippen molar-refractivity contribution in [1.29, 1.82) is 0 Å². The minimum absolute atomic E-state index is 0.224. The molecular weight excluding hydrogens is 443 g/mol. The third-order valence-corrected chi connectivity index (χ3v) is 6.57. The topological polar surface area (TPSA) is 84.9 Å². The number of anilines is 1. The molecule has 0 aromatic heterocycles. The maximum atomic E-state index is 13.6. The Hall–Kier alpha value is -2.46. The first-order valence-corrected chi connectivity index (χ1v) is 12.5. The predicted octanol–water partition coefficient (Wildman–Crippen LogP) is 3.05. The molecule has 0 bridgehead atoms. The molecule has 0 unspecified atom stereocenters. The first kappa shape index (κ1) is 24.8. The smallest absolute Gasteiger partial charge is 0.240 e. The zero-order chi connectivity index (χ0) is 22.9. The molecule has 170 valence electrons. The Labute approximate surface area is 187 Å². The molecule has 10 heteroatoms. The predicted molar refractivity (Wildman–Crippen MR) is 122 cm³/mol. The van der Waals surface area contributed by atoms with Crippen LogP contribution in [0.25, 0.3) is 0 Å². The van der Waals surface area contributed by atoms with Crippen molar-refractivity contribution in [3.05, 3.63) is 53.8 Å². The van der Waals surface area contributed by atoms with Crippen LogP contribution in [0.3, 0.4) is 0 Å². The van der Waals surface area contributed by atoms with E-state index in [0.29, 0.717) is 30.0 Å². The van der Waals surface area contributed by atoms with E-state index in [2.05, 4.69) is 5.32 Å². The van der Waals surface area contributed by atoms with Gasteiger partial charge >= 0.3 is 0 Å². The van der Waals surface area contributed by atoms with Crippen molar-refractivity contribution in [2.45, 2.75) is 12.2 Å². The molecule has 2 rings (SSSR count). The molecular formula is C21H27FN2O5S2. The quantitative estimate of drug-likeness (QED) is 0.480. The molecule has 0 fully saturated rings. The summed E-state index contributed by atoms with van der Waals surface area (Å²) in [7, 11) is -0.822. The molecule has 0 atom stereocenters. The van der Waals surface area contributed by atoms with E-state index in [9.17, 15) is 17.6 Å². The van der Waals surface area contributed by atoms with Crippen LogP contribution in [0, 0.1) is 5.82 Å². The summed E-state index contributed by atoms with van der Waals surface area (Å²) in [6.07, 6.45) is 1.71.